The number of rotatable bonds is 3. The summed E-state index contributed by atoms with van der Waals surface area (Å²) in [5, 5.41) is 8.22. The molecule has 0 amide bonds. The monoisotopic (exact) mass is 352 g/mol. The molecule has 4 unspecified atom stereocenters. The number of nitrogens with zero attached hydrogens (tertiary/aromatic N) is 3. The first kappa shape index (κ1) is 16.1. The summed E-state index contributed by atoms with van der Waals surface area (Å²) in [7, 11) is 0. The molecule has 6 heteroatoms. The largest absolute Gasteiger partial charge is 0.368 e. The zero-order valence-corrected chi connectivity index (χ0v) is 15.2. The van der Waals surface area contributed by atoms with E-state index in [1.165, 1.54) is 49.7 Å². The van der Waals surface area contributed by atoms with Crippen molar-refractivity contribution in [3.05, 3.63) is 29.3 Å². The van der Waals surface area contributed by atoms with Crippen molar-refractivity contribution < 1.29 is 0 Å². The Morgan fingerprint density at radius 2 is 1.85 bits per heavy atom. The standard InChI is InChI=1S/C20H28N6/c21-19-24-20(22)26(25-19)17-8-5-13-3-6-16(7-4-14(13)11-17)23-18-10-12-1-2-15(18)9-12/h5,8,11-12,15-16,18,23H,1-4,6-7,9-10H2,(H4,21,22,24,25). The minimum absolute atomic E-state index is 0.215. The van der Waals surface area contributed by atoms with Gasteiger partial charge < -0.3 is 16.8 Å². The first-order valence-electron chi connectivity index (χ1n) is 10.0. The molecule has 5 rings (SSSR count). The smallest absolute Gasteiger partial charge is 0.241 e. The highest BCUT2D eigenvalue weighted by Crippen LogP contribution is 2.44. The fourth-order valence-corrected chi connectivity index (χ4v) is 5.47. The van der Waals surface area contributed by atoms with Crippen molar-refractivity contribution in [1.82, 2.24) is 20.1 Å². The number of nitrogen functional groups attached to an aromatic ring is 2. The third-order valence-corrected chi connectivity index (χ3v) is 6.80. The number of hydrogen-bond acceptors (Lipinski definition) is 5. The average molecular weight is 352 g/mol. The summed E-state index contributed by atoms with van der Waals surface area (Å²) in [6, 6.07) is 7.92. The second-order valence-electron chi connectivity index (χ2n) is 8.42. The molecular formula is C20H28N6. The molecule has 138 valence electrons. The van der Waals surface area contributed by atoms with Crippen molar-refractivity contribution in [2.45, 2.75) is 63.5 Å². The molecule has 2 saturated carbocycles. The molecule has 0 saturated heterocycles. The van der Waals surface area contributed by atoms with Gasteiger partial charge in [-0.05, 0) is 80.0 Å². The number of benzene rings is 1. The molecule has 1 heterocycles. The normalized spacial score (nSPS) is 30.3. The van der Waals surface area contributed by atoms with Crippen molar-refractivity contribution in [1.29, 1.82) is 0 Å². The Balaban J connectivity index is 1.30. The van der Waals surface area contributed by atoms with Crippen LogP contribution < -0.4 is 16.8 Å². The van der Waals surface area contributed by atoms with E-state index in [0.29, 0.717) is 12.0 Å². The van der Waals surface area contributed by atoms with Gasteiger partial charge in [-0.25, -0.2) is 0 Å². The Morgan fingerprint density at radius 3 is 2.54 bits per heavy atom. The van der Waals surface area contributed by atoms with E-state index in [9.17, 15) is 0 Å². The van der Waals surface area contributed by atoms with Gasteiger partial charge in [0.1, 0.15) is 0 Å². The van der Waals surface area contributed by atoms with Crippen LogP contribution in [0.25, 0.3) is 5.69 Å². The maximum atomic E-state index is 5.92. The van der Waals surface area contributed by atoms with Crippen molar-refractivity contribution in [2.24, 2.45) is 11.8 Å². The van der Waals surface area contributed by atoms with Crippen molar-refractivity contribution in [3.63, 3.8) is 0 Å². The van der Waals surface area contributed by atoms with Crippen LogP contribution >= 0.6 is 0 Å². The van der Waals surface area contributed by atoms with Gasteiger partial charge in [0.05, 0.1) is 5.69 Å². The number of aromatic nitrogens is 3. The minimum Gasteiger partial charge on any atom is -0.368 e. The number of aryl methyl sites for hydroxylation is 2. The lowest BCUT2D eigenvalue weighted by atomic mass is 9.94. The minimum atomic E-state index is 0.215. The number of fused-ring (bicyclic) bond motifs is 3. The van der Waals surface area contributed by atoms with Gasteiger partial charge in [-0.2, -0.15) is 9.67 Å². The average Bonchev–Trinajstić information content (AvgIpc) is 3.29. The maximum absolute atomic E-state index is 5.92. The van der Waals surface area contributed by atoms with E-state index in [0.717, 1.165) is 36.4 Å². The Hall–Kier alpha value is -2.08. The predicted octanol–water partition coefficient (Wildman–Crippen LogP) is 2.46. The van der Waals surface area contributed by atoms with E-state index in [4.69, 9.17) is 11.5 Å². The van der Waals surface area contributed by atoms with Crippen LogP contribution in [-0.2, 0) is 12.8 Å². The summed E-state index contributed by atoms with van der Waals surface area (Å²) >= 11 is 0. The lowest BCUT2D eigenvalue weighted by Crippen LogP contribution is -2.41. The van der Waals surface area contributed by atoms with Gasteiger partial charge in [0, 0.05) is 12.1 Å². The van der Waals surface area contributed by atoms with Crippen LogP contribution in [0.4, 0.5) is 11.9 Å². The molecule has 4 atom stereocenters. The highest BCUT2D eigenvalue weighted by molar-refractivity contribution is 5.45. The Labute approximate surface area is 154 Å². The topological polar surface area (TPSA) is 94.8 Å². The molecule has 26 heavy (non-hydrogen) atoms. The van der Waals surface area contributed by atoms with Gasteiger partial charge in [0.15, 0.2) is 0 Å². The highest BCUT2D eigenvalue weighted by Gasteiger charge is 2.40. The van der Waals surface area contributed by atoms with Gasteiger partial charge in [-0.3, -0.25) is 0 Å². The summed E-state index contributed by atoms with van der Waals surface area (Å²) in [6.07, 6.45) is 10.5. The molecule has 0 aliphatic heterocycles. The molecule has 3 aliphatic rings. The molecular weight excluding hydrogens is 324 g/mol. The third-order valence-electron chi connectivity index (χ3n) is 6.80. The summed E-state index contributed by atoms with van der Waals surface area (Å²) in [5.41, 5.74) is 15.4. The Kier molecular flexibility index (Phi) is 3.89. The number of nitrogens with two attached hydrogens (primary N) is 2. The van der Waals surface area contributed by atoms with E-state index < -0.39 is 0 Å². The summed E-state index contributed by atoms with van der Waals surface area (Å²) in [6.45, 7) is 0. The van der Waals surface area contributed by atoms with Gasteiger partial charge in [-0.1, -0.05) is 12.5 Å². The fraction of sp³-hybridized carbons (Fsp3) is 0.600. The number of anilines is 2. The van der Waals surface area contributed by atoms with Crippen LogP contribution in [-0.4, -0.2) is 26.8 Å². The van der Waals surface area contributed by atoms with Crippen LogP contribution in [0.1, 0.15) is 49.7 Å². The van der Waals surface area contributed by atoms with E-state index in [1.54, 1.807) is 4.68 Å². The zero-order chi connectivity index (χ0) is 17.7. The quantitative estimate of drug-likeness (QED) is 0.738. The predicted molar refractivity (Wildman–Crippen MR) is 103 cm³/mol. The Bertz CT molecular complexity index is 813. The second kappa shape index (κ2) is 6.27. The van der Waals surface area contributed by atoms with E-state index in [1.807, 2.05) is 0 Å². The number of nitrogens with one attached hydrogen (secondary N) is 1. The van der Waals surface area contributed by atoms with Crippen LogP contribution in [0, 0.1) is 11.8 Å². The first-order chi connectivity index (χ1) is 12.7. The van der Waals surface area contributed by atoms with Gasteiger partial charge >= 0.3 is 0 Å². The molecule has 0 spiro atoms. The van der Waals surface area contributed by atoms with Crippen LogP contribution in [0.3, 0.4) is 0 Å². The molecule has 1 aromatic heterocycles. The van der Waals surface area contributed by atoms with Crippen molar-refractivity contribution >= 4 is 11.9 Å². The highest BCUT2D eigenvalue weighted by atomic mass is 15.4. The Morgan fingerprint density at radius 1 is 1.00 bits per heavy atom. The molecule has 2 fully saturated rings. The molecule has 3 aliphatic carbocycles. The summed E-state index contributed by atoms with van der Waals surface area (Å²) in [4.78, 5) is 4.00. The molecule has 2 bridgehead atoms. The second-order valence-corrected chi connectivity index (χ2v) is 8.42. The van der Waals surface area contributed by atoms with E-state index >= 15 is 0 Å². The fourth-order valence-electron chi connectivity index (χ4n) is 5.47. The van der Waals surface area contributed by atoms with Gasteiger partial charge in [0.25, 0.3) is 0 Å². The number of hydrogen-bond donors (Lipinski definition) is 3. The van der Waals surface area contributed by atoms with E-state index in [-0.39, 0.29) is 5.95 Å². The van der Waals surface area contributed by atoms with E-state index in [2.05, 4.69) is 33.6 Å². The van der Waals surface area contributed by atoms with Crippen molar-refractivity contribution in [2.75, 3.05) is 11.5 Å². The van der Waals surface area contributed by atoms with Gasteiger partial charge in [0.2, 0.25) is 11.9 Å². The van der Waals surface area contributed by atoms with Crippen LogP contribution in [0.15, 0.2) is 18.2 Å². The van der Waals surface area contributed by atoms with Gasteiger partial charge in [-0.15, -0.1) is 5.10 Å². The molecule has 2 aromatic rings. The lowest BCUT2D eigenvalue weighted by Gasteiger charge is -2.28. The summed E-state index contributed by atoms with van der Waals surface area (Å²) in [5.74, 6) is 2.50. The first-order valence-corrected chi connectivity index (χ1v) is 10.0. The van der Waals surface area contributed by atoms with Crippen LogP contribution in [0.5, 0.6) is 0 Å². The summed E-state index contributed by atoms with van der Waals surface area (Å²) < 4.78 is 1.63. The van der Waals surface area contributed by atoms with Crippen molar-refractivity contribution in [3.8, 4) is 5.69 Å². The third kappa shape index (κ3) is 2.86. The molecule has 0 radical (unpaired) electrons. The van der Waals surface area contributed by atoms with Crippen LogP contribution in [0.2, 0.25) is 0 Å². The lowest BCUT2D eigenvalue weighted by molar-refractivity contribution is 0.304. The molecule has 5 N–H and O–H groups in total. The SMILES string of the molecule is Nc1nc(N)n(-c2ccc3c(c2)CCC(NC2CC4CCC2C4)CC3)n1. The zero-order valence-electron chi connectivity index (χ0n) is 15.2. The molecule has 1 aromatic carbocycles. The maximum Gasteiger partial charge on any atom is 0.241 e. The molecule has 6 nitrogen and oxygen atoms in total.